The number of nitrogens with zero attached hydrogens (tertiary/aromatic N) is 2. The third-order valence-corrected chi connectivity index (χ3v) is 4.96. The van der Waals surface area contributed by atoms with Crippen molar-refractivity contribution in [3.8, 4) is 5.75 Å². The first-order valence-electron chi connectivity index (χ1n) is 8.22. The van der Waals surface area contributed by atoms with E-state index in [9.17, 15) is 10.1 Å². The average molecular weight is 363 g/mol. The molecule has 0 saturated carbocycles. The second kappa shape index (κ2) is 7.72. The molecule has 7 heteroatoms. The number of benzene rings is 2. The van der Waals surface area contributed by atoms with E-state index in [1.807, 2.05) is 12.1 Å². The third-order valence-electron chi connectivity index (χ3n) is 4.59. The van der Waals surface area contributed by atoms with Gasteiger partial charge in [-0.25, -0.2) is 0 Å². The van der Waals surface area contributed by atoms with E-state index in [0.29, 0.717) is 11.6 Å². The molecule has 1 heterocycles. The summed E-state index contributed by atoms with van der Waals surface area (Å²) in [6.07, 6.45) is 0. The van der Waals surface area contributed by atoms with Gasteiger partial charge in [-0.1, -0.05) is 11.6 Å². The largest absolute Gasteiger partial charge is 0.497 e. The van der Waals surface area contributed by atoms with Crippen LogP contribution in [0.25, 0.3) is 0 Å². The molecule has 0 atom stereocenters. The number of rotatable bonds is 5. The van der Waals surface area contributed by atoms with Crippen molar-refractivity contribution in [3.05, 3.63) is 63.2 Å². The number of hydrogen-bond donors (Lipinski definition) is 1. The predicted molar refractivity (Wildman–Crippen MR) is 97.7 cm³/mol. The van der Waals surface area contributed by atoms with E-state index in [2.05, 4.69) is 17.0 Å². The smallest absolute Gasteiger partial charge is 0.270 e. The number of nitrogens with one attached hydrogen (secondary N) is 1. The van der Waals surface area contributed by atoms with E-state index in [1.54, 1.807) is 19.2 Å². The summed E-state index contributed by atoms with van der Waals surface area (Å²) in [5.41, 5.74) is 2.12. The Bertz CT molecular complexity index is 744. The van der Waals surface area contributed by atoms with Crippen LogP contribution in [0.15, 0.2) is 42.5 Å². The summed E-state index contributed by atoms with van der Waals surface area (Å²) in [5.74, 6) is 0.855. The first kappa shape index (κ1) is 17.5. The number of ether oxygens (including phenoxy) is 1. The maximum atomic E-state index is 10.9. The molecule has 0 bridgehead atoms. The van der Waals surface area contributed by atoms with E-state index in [-0.39, 0.29) is 10.6 Å². The molecule has 1 aliphatic rings. The second-order valence-electron chi connectivity index (χ2n) is 6.14. The first-order chi connectivity index (χ1) is 12.1. The van der Waals surface area contributed by atoms with Crippen molar-refractivity contribution < 1.29 is 14.6 Å². The van der Waals surface area contributed by atoms with Gasteiger partial charge in [0, 0.05) is 28.4 Å². The van der Waals surface area contributed by atoms with Crippen LogP contribution in [-0.2, 0) is 6.54 Å². The fraction of sp³-hybridized carbons (Fsp3) is 0.333. The Labute approximate surface area is 151 Å². The van der Waals surface area contributed by atoms with Crippen molar-refractivity contribution >= 4 is 23.0 Å². The Hall–Kier alpha value is -2.31. The zero-order valence-electron chi connectivity index (χ0n) is 14.1. The van der Waals surface area contributed by atoms with Crippen LogP contribution in [0.3, 0.4) is 0 Å². The van der Waals surface area contributed by atoms with Crippen LogP contribution in [0.1, 0.15) is 5.56 Å². The minimum Gasteiger partial charge on any atom is -0.497 e. The number of non-ortho nitro benzene ring substituents is 1. The monoisotopic (exact) mass is 362 g/mol. The van der Waals surface area contributed by atoms with E-state index in [1.165, 1.54) is 16.7 Å². The maximum Gasteiger partial charge on any atom is 0.270 e. The number of hydrogen-bond acceptors (Lipinski definition) is 4. The van der Waals surface area contributed by atoms with Crippen LogP contribution in [-0.4, -0.2) is 38.2 Å². The molecule has 0 radical (unpaired) electrons. The molecule has 3 rings (SSSR count). The molecule has 1 saturated heterocycles. The topological polar surface area (TPSA) is 60.0 Å². The molecule has 2 aromatic rings. The van der Waals surface area contributed by atoms with Crippen LogP contribution >= 0.6 is 11.6 Å². The molecule has 0 unspecified atom stereocenters. The lowest BCUT2D eigenvalue weighted by atomic mass is 10.1. The Morgan fingerprint density at radius 1 is 1.20 bits per heavy atom. The summed E-state index contributed by atoms with van der Waals surface area (Å²) in [6, 6.07) is 12.7. The zero-order valence-corrected chi connectivity index (χ0v) is 14.8. The summed E-state index contributed by atoms with van der Waals surface area (Å²) < 4.78 is 5.19. The molecule has 25 heavy (non-hydrogen) atoms. The SMILES string of the molecule is COc1ccc(N2CC[NH+](Cc3cc([N+](=O)[O-])ccc3Cl)CC2)cc1. The van der Waals surface area contributed by atoms with Crippen LogP contribution < -0.4 is 14.5 Å². The summed E-state index contributed by atoms with van der Waals surface area (Å²) in [7, 11) is 1.66. The van der Waals surface area contributed by atoms with Gasteiger partial charge in [0.25, 0.3) is 5.69 Å². The molecule has 132 valence electrons. The van der Waals surface area contributed by atoms with Crippen molar-refractivity contribution in [2.45, 2.75) is 6.54 Å². The molecule has 1 aliphatic heterocycles. The number of methoxy groups -OCH3 is 1. The van der Waals surface area contributed by atoms with Gasteiger partial charge in [0.1, 0.15) is 12.3 Å². The van der Waals surface area contributed by atoms with E-state index in [0.717, 1.165) is 37.5 Å². The standard InChI is InChI=1S/C18H20ClN3O3/c1-25-17-5-2-15(3-6-17)21-10-8-20(9-11-21)13-14-12-16(22(23)24)4-7-18(14)19/h2-7,12H,8-11,13H2,1H3/p+1. The van der Waals surface area contributed by atoms with Gasteiger partial charge in [0.2, 0.25) is 0 Å². The van der Waals surface area contributed by atoms with Gasteiger partial charge in [0.05, 0.1) is 38.2 Å². The highest BCUT2D eigenvalue weighted by molar-refractivity contribution is 6.31. The highest BCUT2D eigenvalue weighted by atomic mass is 35.5. The molecular formula is C18H21ClN3O3+. The van der Waals surface area contributed by atoms with Crippen molar-refractivity contribution in [2.75, 3.05) is 38.2 Å². The third kappa shape index (κ3) is 4.21. The Morgan fingerprint density at radius 3 is 2.48 bits per heavy atom. The van der Waals surface area contributed by atoms with Gasteiger partial charge in [-0.15, -0.1) is 0 Å². The van der Waals surface area contributed by atoms with Gasteiger partial charge in [-0.05, 0) is 30.3 Å². The van der Waals surface area contributed by atoms with Crippen molar-refractivity contribution in [2.24, 2.45) is 0 Å². The fourth-order valence-electron chi connectivity index (χ4n) is 3.13. The maximum absolute atomic E-state index is 10.9. The second-order valence-corrected chi connectivity index (χ2v) is 6.55. The number of piperazine rings is 1. The summed E-state index contributed by atoms with van der Waals surface area (Å²) >= 11 is 6.22. The number of quaternary nitrogens is 1. The summed E-state index contributed by atoms with van der Waals surface area (Å²) in [5, 5.41) is 11.5. The van der Waals surface area contributed by atoms with Crippen LogP contribution in [0.4, 0.5) is 11.4 Å². The van der Waals surface area contributed by atoms with Crippen molar-refractivity contribution in [3.63, 3.8) is 0 Å². The molecule has 1 fully saturated rings. The quantitative estimate of drug-likeness (QED) is 0.654. The lowest BCUT2D eigenvalue weighted by Crippen LogP contribution is -3.13. The van der Waals surface area contributed by atoms with E-state index < -0.39 is 0 Å². The molecule has 0 spiro atoms. The minimum absolute atomic E-state index is 0.0932. The Kier molecular flexibility index (Phi) is 5.40. The van der Waals surface area contributed by atoms with E-state index in [4.69, 9.17) is 16.3 Å². The fourth-order valence-corrected chi connectivity index (χ4v) is 3.31. The van der Waals surface area contributed by atoms with Gasteiger partial charge < -0.3 is 14.5 Å². The molecule has 2 aromatic carbocycles. The summed E-state index contributed by atoms with van der Waals surface area (Å²) in [6.45, 7) is 4.51. The molecule has 0 amide bonds. The summed E-state index contributed by atoms with van der Waals surface area (Å²) in [4.78, 5) is 14.3. The van der Waals surface area contributed by atoms with Crippen LogP contribution in [0, 0.1) is 10.1 Å². The molecular weight excluding hydrogens is 342 g/mol. The number of nitro benzene ring substituents is 1. The first-order valence-corrected chi connectivity index (χ1v) is 8.60. The molecule has 6 nitrogen and oxygen atoms in total. The normalized spacial score (nSPS) is 15.2. The molecule has 0 aromatic heterocycles. The lowest BCUT2D eigenvalue weighted by Gasteiger charge is -2.33. The highest BCUT2D eigenvalue weighted by Crippen LogP contribution is 2.22. The number of anilines is 1. The van der Waals surface area contributed by atoms with Gasteiger partial charge in [-0.3, -0.25) is 10.1 Å². The minimum atomic E-state index is -0.378. The molecule has 0 aliphatic carbocycles. The average Bonchev–Trinajstić information content (AvgIpc) is 2.64. The van der Waals surface area contributed by atoms with E-state index >= 15 is 0 Å². The Balaban J connectivity index is 1.61. The molecule has 1 N–H and O–H groups in total. The van der Waals surface area contributed by atoms with Gasteiger partial charge in [0.15, 0.2) is 0 Å². The predicted octanol–water partition coefficient (Wildman–Crippen LogP) is 2.16. The lowest BCUT2D eigenvalue weighted by molar-refractivity contribution is -0.914. The number of nitro groups is 1. The van der Waals surface area contributed by atoms with Crippen LogP contribution in [0.5, 0.6) is 5.75 Å². The Morgan fingerprint density at radius 2 is 1.88 bits per heavy atom. The van der Waals surface area contributed by atoms with Gasteiger partial charge in [-0.2, -0.15) is 0 Å². The van der Waals surface area contributed by atoms with Gasteiger partial charge >= 0.3 is 0 Å². The van der Waals surface area contributed by atoms with Crippen molar-refractivity contribution in [1.29, 1.82) is 0 Å². The highest BCUT2D eigenvalue weighted by Gasteiger charge is 2.22. The van der Waals surface area contributed by atoms with Crippen LogP contribution in [0.2, 0.25) is 5.02 Å². The number of halogens is 1. The zero-order chi connectivity index (χ0) is 17.8. The van der Waals surface area contributed by atoms with Crippen molar-refractivity contribution in [1.82, 2.24) is 0 Å².